The first-order chi connectivity index (χ1) is 7.26. The van der Waals surface area contributed by atoms with Crippen molar-refractivity contribution in [3.05, 3.63) is 30.3 Å². The fourth-order valence-corrected chi connectivity index (χ4v) is 1.61. The zero-order chi connectivity index (χ0) is 10.8. The van der Waals surface area contributed by atoms with E-state index in [9.17, 15) is 5.11 Å². The monoisotopic (exact) mass is 204 g/mol. The minimum atomic E-state index is 0.120. The van der Waals surface area contributed by atoms with Gasteiger partial charge in [0.25, 0.3) is 0 Å². The average Bonchev–Trinajstić information content (AvgIpc) is 2.27. The second-order valence-corrected chi connectivity index (χ2v) is 3.21. The summed E-state index contributed by atoms with van der Waals surface area (Å²) in [6.07, 6.45) is 0. The first kappa shape index (κ1) is 9.65. The van der Waals surface area contributed by atoms with Crippen LogP contribution in [0.5, 0.6) is 17.2 Å². The van der Waals surface area contributed by atoms with Crippen LogP contribution in [0.1, 0.15) is 0 Å². The summed E-state index contributed by atoms with van der Waals surface area (Å²) in [6.45, 7) is 0. The molecule has 0 aliphatic carbocycles. The Morgan fingerprint density at radius 2 is 1.73 bits per heavy atom. The van der Waals surface area contributed by atoms with Crippen LogP contribution in [0, 0.1) is 0 Å². The summed E-state index contributed by atoms with van der Waals surface area (Å²) in [7, 11) is 3.14. The summed E-state index contributed by atoms with van der Waals surface area (Å²) in [5.41, 5.74) is 0. The third kappa shape index (κ3) is 1.56. The fraction of sp³-hybridized carbons (Fsp3) is 0.167. The van der Waals surface area contributed by atoms with Crippen molar-refractivity contribution in [1.29, 1.82) is 0 Å². The number of hydrogen-bond acceptors (Lipinski definition) is 3. The second kappa shape index (κ2) is 3.69. The van der Waals surface area contributed by atoms with E-state index in [0.29, 0.717) is 5.75 Å². The molecule has 2 aromatic carbocycles. The molecule has 2 aromatic rings. The van der Waals surface area contributed by atoms with Crippen LogP contribution in [0.2, 0.25) is 0 Å². The lowest BCUT2D eigenvalue weighted by Crippen LogP contribution is -1.87. The van der Waals surface area contributed by atoms with Gasteiger partial charge in [0.1, 0.15) is 5.75 Å². The number of benzene rings is 2. The van der Waals surface area contributed by atoms with Crippen molar-refractivity contribution in [3.8, 4) is 17.2 Å². The molecule has 78 valence electrons. The summed E-state index contributed by atoms with van der Waals surface area (Å²) < 4.78 is 10.2. The molecule has 0 heterocycles. The molecule has 0 aliphatic heterocycles. The highest BCUT2D eigenvalue weighted by Gasteiger charge is 2.06. The van der Waals surface area contributed by atoms with E-state index in [1.165, 1.54) is 7.11 Å². The highest BCUT2D eigenvalue weighted by molar-refractivity contribution is 5.91. The van der Waals surface area contributed by atoms with Gasteiger partial charge in [-0.25, -0.2) is 0 Å². The molecule has 0 radical (unpaired) electrons. The third-order valence-electron chi connectivity index (χ3n) is 2.36. The first-order valence-corrected chi connectivity index (χ1v) is 4.60. The maximum absolute atomic E-state index is 9.65. The Hall–Kier alpha value is -1.90. The summed E-state index contributed by atoms with van der Waals surface area (Å²) in [5.74, 6) is 1.33. The molecule has 0 unspecified atom stereocenters. The van der Waals surface area contributed by atoms with E-state index < -0.39 is 0 Å². The lowest BCUT2D eigenvalue weighted by Gasteiger charge is -2.08. The van der Waals surface area contributed by atoms with Crippen molar-refractivity contribution in [2.45, 2.75) is 0 Å². The molecule has 15 heavy (non-hydrogen) atoms. The smallest absolute Gasteiger partial charge is 0.161 e. The number of fused-ring (bicyclic) bond motifs is 1. The van der Waals surface area contributed by atoms with Crippen LogP contribution in [-0.4, -0.2) is 19.3 Å². The van der Waals surface area contributed by atoms with Gasteiger partial charge in [0.15, 0.2) is 11.5 Å². The lowest BCUT2D eigenvalue weighted by molar-refractivity contribution is 0.374. The summed E-state index contributed by atoms with van der Waals surface area (Å²) >= 11 is 0. The zero-order valence-electron chi connectivity index (χ0n) is 8.65. The Labute approximate surface area is 87.9 Å². The van der Waals surface area contributed by atoms with Gasteiger partial charge in [0.05, 0.1) is 14.2 Å². The van der Waals surface area contributed by atoms with E-state index in [0.717, 1.165) is 16.5 Å². The number of rotatable bonds is 2. The molecule has 3 nitrogen and oxygen atoms in total. The molecule has 0 aromatic heterocycles. The van der Waals surface area contributed by atoms with Crippen LogP contribution < -0.4 is 9.47 Å². The van der Waals surface area contributed by atoms with Gasteiger partial charge in [0, 0.05) is 5.39 Å². The van der Waals surface area contributed by atoms with Crippen LogP contribution in [0.3, 0.4) is 0 Å². The highest BCUT2D eigenvalue weighted by atomic mass is 16.5. The van der Waals surface area contributed by atoms with Crippen LogP contribution in [0.15, 0.2) is 30.3 Å². The summed E-state index contributed by atoms with van der Waals surface area (Å²) in [4.78, 5) is 0. The molecule has 0 spiro atoms. The SMILES string of the molecule is COc1cc2cccc(OC)c2cc1O. The molecular formula is C12H12O3. The molecule has 0 saturated heterocycles. The van der Waals surface area contributed by atoms with Crippen molar-refractivity contribution >= 4 is 10.8 Å². The normalized spacial score (nSPS) is 10.3. The lowest BCUT2D eigenvalue weighted by atomic mass is 10.1. The molecule has 0 fully saturated rings. The molecule has 0 saturated carbocycles. The Morgan fingerprint density at radius 3 is 2.40 bits per heavy atom. The predicted octanol–water partition coefficient (Wildman–Crippen LogP) is 2.56. The van der Waals surface area contributed by atoms with Crippen molar-refractivity contribution in [2.24, 2.45) is 0 Å². The van der Waals surface area contributed by atoms with Crippen molar-refractivity contribution in [3.63, 3.8) is 0 Å². The van der Waals surface area contributed by atoms with Crippen molar-refractivity contribution in [2.75, 3.05) is 14.2 Å². The molecule has 0 aliphatic rings. The molecule has 2 rings (SSSR count). The fourth-order valence-electron chi connectivity index (χ4n) is 1.61. The van der Waals surface area contributed by atoms with Crippen LogP contribution in [-0.2, 0) is 0 Å². The standard InChI is InChI=1S/C12H12O3/c1-14-11-5-3-4-8-6-12(15-2)10(13)7-9(8)11/h3-7,13H,1-2H3. The molecular weight excluding hydrogens is 192 g/mol. The van der Waals surface area contributed by atoms with Crippen molar-refractivity contribution < 1.29 is 14.6 Å². The van der Waals surface area contributed by atoms with Crippen LogP contribution in [0.25, 0.3) is 10.8 Å². The number of aromatic hydroxyl groups is 1. The van der Waals surface area contributed by atoms with Crippen LogP contribution >= 0.6 is 0 Å². The van der Waals surface area contributed by atoms with Gasteiger partial charge < -0.3 is 14.6 Å². The average molecular weight is 204 g/mol. The van der Waals surface area contributed by atoms with Gasteiger partial charge in [-0.05, 0) is 23.6 Å². The molecule has 1 N–H and O–H groups in total. The summed E-state index contributed by atoms with van der Waals surface area (Å²) in [5, 5.41) is 11.5. The van der Waals surface area contributed by atoms with Crippen LogP contribution in [0.4, 0.5) is 0 Å². The maximum atomic E-state index is 9.65. The quantitative estimate of drug-likeness (QED) is 0.817. The highest BCUT2D eigenvalue weighted by Crippen LogP contribution is 2.35. The number of hydrogen-bond donors (Lipinski definition) is 1. The van der Waals surface area contributed by atoms with E-state index in [4.69, 9.17) is 9.47 Å². The Bertz CT molecular complexity index is 491. The molecule has 0 bridgehead atoms. The second-order valence-electron chi connectivity index (χ2n) is 3.21. The predicted molar refractivity (Wildman–Crippen MR) is 58.7 cm³/mol. The van der Waals surface area contributed by atoms with Crippen molar-refractivity contribution in [1.82, 2.24) is 0 Å². The minimum Gasteiger partial charge on any atom is -0.504 e. The number of phenolic OH excluding ortho intramolecular Hbond substituents is 1. The largest absolute Gasteiger partial charge is 0.504 e. The first-order valence-electron chi connectivity index (χ1n) is 4.60. The van der Waals surface area contributed by atoms with E-state index in [2.05, 4.69) is 0 Å². The zero-order valence-corrected chi connectivity index (χ0v) is 8.65. The van der Waals surface area contributed by atoms with Gasteiger partial charge in [-0.2, -0.15) is 0 Å². The molecule has 0 amide bonds. The topological polar surface area (TPSA) is 38.7 Å². The summed E-state index contributed by atoms with van der Waals surface area (Å²) in [6, 6.07) is 9.13. The van der Waals surface area contributed by atoms with Gasteiger partial charge in [0.2, 0.25) is 0 Å². The third-order valence-corrected chi connectivity index (χ3v) is 2.36. The van der Waals surface area contributed by atoms with Gasteiger partial charge >= 0.3 is 0 Å². The van der Waals surface area contributed by atoms with Gasteiger partial charge in [-0.15, -0.1) is 0 Å². The van der Waals surface area contributed by atoms with E-state index in [-0.39, 0.29) is 5.75 Å². The Morgan fingerprint density at radius 1 is 1.00 bits per heavy atom. The maximum Gasteiger partial charge on any atom is 0.161 e. The number of phenols is 1. The Balaban J connectivity index is 2.74. The molecule has 3 heteroatoms. The molecule has 0 atom stereocenters. The number of methoxy groups -OCH3 is 2. The minimum absolute atomic E-state index is 0.120. The van der Waals surface area contributed by atoms with Gasteiger partial charge in [-0.1, -0.05) is 12.1 Å². The number of ether oxygens (including phenoxy) is 2. The van der Waals surface area contributed by atoms with E-state index in [1.807, 2.05) is 18.2 Å². The van der Waals surface area contributed by atoms with Gasteiger partial charge in [-0.3, -0.25) is 0 Å². The van der Waals surface area contributed by atoms with E-state index in [1.54, 1.807) is 19.2 Å². The van der Waals surface area contributed by atoms with E-state index >= 15 is 0 Å². The Kier molecular flexibility index (Phi) is 2.37.